The third-order valence-electron chi connectivity index (χ3n) is 13.7. The van der Waals surface area contributed by atoms with Crippen molar-refractivity contribution in [1.82, 2.24) is 0 Å². The topological polar surface area (TPSA) is 58.9 Å². The molecule has 0 radical (unpaired) electrons. The third kappa shape index (κ3) is 5.46. The number of fused-ring (bicyclic) bond motifs is 14. The first-order valence-electron chi connectivity index (χ1n) is 21.0. The Morgan fingerprint density at radius 3 is 0.984 bits per heavy atom. The average Bonchev–Trinajstić information content (AvgIpc) is 3.94. The van der Waals surface area contributed by atoms with Crippen molar-refractivity contribution in [2.24, 2.45) is 5.41 Å². The molecule has 9 aromatic carbocycles. The van der Waals surface area contributed by atoms with E-state index in [2.05, 4.69) is 166 Å². The summed E-state index contributed by atoms with van der Waals surface area (Å²) in [5, 5.41) is 37.2. The predicted octanol–water partition coefficient (Wildman–Crippen LogP) is 13.5. The summed E-state index contributed by atoms with van der Waals surface area (Å²) in [6, 6.07) is 60.2. The zero-order chi connectivity index (χ0) is 42.6. The molecule has 3 aliphatic rings. The molecular formula is C55H42Cl2O4Ti. The van der Waals surface area contributed by atoms with Crippen molar-refractivity contribution in [3.05, 3.63) is 204 Å². The number of aliphatic hydroxyl groups is 2. The van der Waals surface area contributed by atoms with Crippen LogP contribution in [0.2, 0.25) is 0 Å². The van der Waals surface area contributed by atoms with E-state index in [1.54, 1.807) is 0 Å². The molecule has 1 heterocycles. The first-order valence-corrected chi connectivity index (χ1v) is 25.3. The first-order chi connectivity index (χ1) is 30.1. The summed E-state index contributed by atoms with van der Waals surface area (Å²) in [5.74, 6) is -1.39. The number of hydrogen-bond acceptors (Lipinski definition) is 4. The summed E-state index contributed by atoms with van der Waals surface area (Å²) < 4.78 is 15.4. The van der Waals surface area contributed by atoms with Gasteiger partial charge in [-0.05, 0) is 87.6 Å². The Balaban J connectivity index is 0.00000140. The molecule has 1 saturated heterocycles. The normalized spacial score (nSPS) is 18.8. The van der Waals surface area contributed by atoms with Crippen molar-refractivity contribution < 1.29 is 36.7 Å². The second-order valence-corrected chi connectivity index (χ2v) is 20.3. The van der Waals surface area contributed by atoms with Crippen molar-refractivity contribution >= 4 is 61.7 Å². The molecule has 1 aliphatic heterocycles. The van der Waals surface area contributed by atoms with Crippen LogP contribution in [-0.4, -0.2) is 22.4 Å². The van der Waals surface area contributed by atoms with Gasteiger partial charge < -0.3 is 19.7 Å². The zero-order valence-corrected chi connectivity index (χ0v) is 37.4. The van der Waals surface area contributed by atoms with Gasteiger partial charge in [0.1, 0.15) is 23.4 Å². The monoisotopic (exact) mass is 884 g/mol. The molecule has 2 N–H and O–H groups in total. The molecule has 7 heteroatoms. The summed E-state index contributed by atoms with van der Waals surface area (Å²) in [6.45, 7) is 6.34. The van der Waals surface area contributed by atoms with Crippen molar-refractivity contribution in [2.45, 2.75) is 50.0 Å². The van der Waals surface area contributed by atoms with Crippen LogP contribution in [0.3, 0.4) is 0 Å². The molecule has 12 rings (SSSR count). The molecule has 0 spiro atoms. The number of rotatable bonds is 3. The van der Waals surface area contributed by atoms with Crippen LogP contribution < -0.4 is 0 Å². The van der Waals surface area contributed by atoms with Crippen LogP contribution in [0.5, 0.6) is 0 Å². The van der Waals surface area contributed by atoms with Gasteiger partial charge in [-0.15, -0.1) is 0 Å². The molecule has 9 aromatic rings. The Hall–Kier alpha value is -4.85. The van der Waals surface area contributed by atoms with E-state index in [-0.39, 0.29) is 0 Å². The molecule has 2 atom stereocenters. The van der Waals surface area contributed by atoms with Gasteiger partial charge in [-0.3, -0.25) is 0 Å². The van der Waals surface area contributed by atoms with Crippen molar-refractivity contribution in [1.29, 1.82) is 0 Å². The summed E-state index contributed by atoms with van der Waals surface area (Å²) in [6.07, 6.45) is -2.21. The fourth-order valence-electron chi connectivity index (χ4n) is 11.0. The minimum absolute atomic E-state index is 0.556. The van der Waals surface area contributed by atoms with E-state index in [9.17, 15) is 10.2 Å². The average molecular weight is 886 g/mol. The Bertz CT molecular complexity index is 2890. The fraction of sp³-hybridized carbons (Fsp3) is 0.164. The maximum absolute atomic E-state index is 14.3. The van der Waals surface area contributed by atoms with Gasteiger partial charge in [-0.2, -0.15) is 0 Å². The maximum atomic E-state index is 14.3. The van der Waals surface area contributed by atoms with Gasteiger partial charge in [0.2, 0.25) is 5.79 Å². The van der Waals surface area contributed by atoms with E-state index < -0.39 is 51.6 Å². The van der Waals surface area contributed by atoms with Gasteiger partial charge in [-0.25, -0.2) is 0 Å². The minimum atomic E-state index is -1.77. The van der Waals surface area contributed by atoms with Crippen LogP contribution in [0, 0.1) is 5.41 Å². The number of halogens is 2. The molecule has 0 aromatic heterocycles. The quantitative estimate of drug-likeness (QED) is 0.174. The summed E-state index contributed by atoms with van der Waals surface area (Å²) in [4.78, 5) is 0. The van der Waals surface area contributed by atoms with E-state index >= 15 is 0 Å². The molecule has 1 fully saturated rings. The van der Waals surface area contributed by atoms with Crippen LogP contribution in [0.15, 0.2) is 176 Å². The van der Waals surface area contributed by atoms with Crippen LogP contribution in [0.1, 0.15) is 48.6 Å². The number of benzene rings is 9. The number of ether oxygens (including phenoxy) is 2. The Morgan fingerprint density at radius 2 is 0.694 bits per heavy atom. The van der Waals surface area contributed by atoms with Crippen molar-refractivity contribution in [3.8, 4) is 22.3 Å². The van der Waals surface area contributed by atoms with Gasteiger partial charge in [-0.1, -0.05) is 197 Å². The molecule has 0 saturated carbocycles. The van der Waals surface area contributed by atoms with Gasteiger partial charge >= 0.3 is 35.6 Å². The van der Waals surface area contributed by atoms with Gasteiger partial charge in [0.25, 0.3) is 0 Å². The molecule has 0 bridgehead atoms. The summed E-state index contributed by atoms with van der Waals surface area (Å²) in [5.41, 5.74) is 3.46. The molecule has 0 amide bonds. The fourth-order valence-corrected chi connectivity index (χ4v) is 11.0. The van der Waals surface area contributed by atoms with Gasteiger partial charge in [0, 0.05) is 11.0 Å². The summed E-state index contributed by atoms with van der Waals surface area (Å²) >= 11 is -0.556. The zero-order valence-electron chi connectivity index (χ0n) is 34.4. The number of hydrogen-bond donors (Lipinski definition) is 2. The van der Waals surface area contributed by atoms with Crippen LogP contribution in [0.25, 0.3) is 65.3 Å². The molecular weight excluding hydrogens is 843 g/mol. The third-order valence-corrected chi connectivity index (χ3v) is 13.7. The molecule has 62 heavy (non-hydrogen) atoms. The Labute approximate surface area is 377 Å². The van der Waals surface area contributed by atoms with E-state index in [1.807, 2.05) is 30.3 Å². The van der Waals surface area contributed by atoms with Gasteiger partial charge in [0.05, 0.1) is 0 Å². The molecule has 4 nitrogen and oxygen atoms in total. The molecule has 304 valence electrons. The second kappa shape index (κ2) is 14.6. The Morgan fingerprint density at radius 1 is 0.419 bits per heavy atom. The van der Waals surface area contributed by atoms with E-state index in [4.69, 9.17) is 28.1 Å². The molecule has 0 unspecified atom stereocenters. The van der Waals surface area contributed by atoms with E-state index in [1.165, 1.54) is 0 Å². The first kappa shape index (κ1) is 40.0. The van der Waals surface area contributed by atoms with Crippen LogP contribution >= 0.6 is 18.6 Å². The summed E-state index contributed by atoms with van der Waals surface area (Å²) in [7, 11) is 9.78. The van der Waals surface area contributed by atoms with Crippen molar-refractivity contribution in [2.75, 3.05) is 0 Å². The van der Waals surface area contributed by atoms with Gasteiger partial charge in [0.15, 0.2) is 0 Å². The van der Waals surface area contributed by atoms with Crippen LogP contribution in [0.4, 0.5) is 0 Å². The second-order valence-electron chi connectivity index (χ2n) is 17.8. The predicted molar refractivity (Wildman–Crippen MR) is 249 cm³/mol. The molecule has 2 aliphatic carbocycles. The van der Waals surface area contributed by atoms with Crippen molar-refractivity contribution in [3.63, 3.8) is 0 Å². The Kier molecular flexibility index (Phi) is 9.41. The van der Waals surface area contributed by atoms with Crippen LogP contribution in [-0.2, 0) is 43.5 Å². The standard InChI is InChI=1S/C55H42O4.2ClH.Ti/c1-52(2,3)55(37-19-5-4-6-20-37)58-50(53(56)42-29-25-33-15-7-11-21-38(33)46(42)47-39-22-12-8-16-34(39)26-30-43(47)53)51(59-55)54(57)44-31-27-35-17-9-13-23-40(35)48(44)49-41-24-14-10-18-36(41)28-32-45(49)54;;;/h4-32,50-51,56-57H,1-3H3;2*1H;/q;;;+2/p-2/t50-,51-;;;/m1.../s1. The SMILES string of the molecule is CC(C)(C)C1(c2ccccc2)O[C@@H](C2(O)c3ccc4ccccc4c3-c3c2ccc2ccccc32)[C@H](C2(O)c3ccc4ccccc4c3-c3c2ccc2ccccc32)O1.[Cl][Ti][Cl]. The van der Waals surface area contributed by atoms with E-state index in [0.717, 1.165) is 93.2 Å². The van der Waals surface area contributed by atoms with E-state index in [0.29, 0.717) is 0 Å².